The molecule has 15 heavy (non-hydrogen) atoms. The quantitative estimate of drug-likeness (QED) is 0.732. The van der Waals surface area contributed by atoms with Gasteiger partial charge in [-0.15, -0.1) is 0 Å². The van der Waals surface area contributed by atoms with Gasteiger partial charge in [-0.1, -0.05) is 27.7 Å². The van der Waals surface area contributed by atoms with Crippen LogP contribution in [0.4, 0.5) is 0 Å². The minimum Gasteiger partial charge on any atom is -0.396 e. The standard InChI is InChI=1S/C13H27NO/c1-11(2)12-8-14(9-12)10-13(3,4)6-5-7-15/h11-12,15H,5-10H2,1-4H3. The van der Waals surface area contributed by atoms with Gasteiger partial charge in [-0.3, -0.25) is 0 Å². The van der Waals surface area contributed by atoms with Crippen molar-refractivity contribution in [3.05, 3.63) is 0 Å². The second kappa shape index (κ2) is 5.31. The number of nitrogens with zero attached hydrogens (tertiary/aromatic N) is 1. The van der Waals surface area contributed by atoms with Crippen molar-refractivity contribution in [2.24, 2.45) is 17.3 Å². The highest BCUT2D eigenvalue weighted by Crippen LogP contribution is 2.30. The van der Waals surface area contributed by atoms with Crippen molar-refractivity contribution >= 4 is 0 Å². The molecule has 1 aliphatic heterocycles. The molecule has 2 nitrogen and oxygen atoms in total. The summed E-state index contributed by atoms with van der Waals surface area (Å²) in [5.41, 5.74) is 0.366. The maximum Gasteiger partial charge on any atom is 0.0431 e. The lowest BCUT2D eigenvalue weighted by molar-refractivity contribution is 0.0307. The minimum atomic E-state index is 0.331. The lowest BCUT2D eigenvalue weighted by Gasteiger charge is -2.45. The fraction of sp³-hybridized carbons (Fsp3) is 1.00. The maximum atomic E-state index is 8.84. The first-order chi connectivity index (χ1) is 6.94. The van der Waals surface area contributed by atoms with Gasteiger partial charge in [0.2, 0.25) is 0 Å². The lowest BCUT2D eigenvalue weighted by Crippen LogP contribution is -2.52. The van der Waals surface area contributed by atoms with Crippen molar-refractivity contribution in [2.75, 3.05) is 26.2 Å². The third-order valence-electron chi connectivity index (χ3n) is 3.59. The Labute approximate surface area is 94.7 Å². The smallest absolute Gasteiger partial charge is 0.0431 e. The highest BCUT2D eigenvalue weighted by atomic mass is 16.2. The molecule has 1 rings (SSSR count). The molecule has 0 aromatic carbocycles. The number of hydrogen-bond acceptors (Lipinski definition) is 2. The van der Waals surface area contributed by atoms with Crippen molar-refractivity contribution in [3.63, 3.8) is 0 Å². The Morgan fingerprint density at radius 1 is 1.33 bits per heavy atom. The number of aliphatic hydroxyl groups is 1. The SMILES string of the molecule is CC(C)C1CN(CC(C)(C)CCCO)C1. The Bertz CT molecular complexity index is 183. The molecule has 1 fully saturated rings. The zero-order valence-electron chi connectivity index (χ0n) is 10.8. The summed E-state index contributed by atoms with van der Waals surface area (Å²) >= 11 is 0. The summed E-state index contributed by atoms with van der Waals surface area (Å²) in [6.07, 6.45) is 2.07. The monoisotopic (exact) mass is 213 g/mol. The summed E-state index contributed by atoms with van der Waals surface area (Å²) in [5.74, 6) is 1.75. The van der Waals surface area contributed by atoms with Gasteiger partial charge in [-0.05, 0) is 30.1 Å². The molecule has 1 heterocycles. The average molecular weight is 213 g/mol. The second-order valence-corrected chi connectivity index (χ2v) is 6.19. The van der Waals surface area contributed by atoms with E-state index in [2.05, 4.69) is 32.6 Å². The molecule has 0 bridgehead atoms. The van der Waals surface area contributed by atoms with E-state index in [0.717, 1.165) is 24.7 Å². The molecule has 1 saturated heterocycles. The predicted molar refractivity (Wildman–Crippen MR) is 64.9 cm³/mol. The van der Waals surface area contributed by atoms with Crippen molar-refractivity contribution < 1.29 is 5.11 Å². The fourth-order valence-corrected chi connectivity index (χ4v) is 2.40. The van der Waals surface area contributed by atoms with Gasteiger partial charge in [0, 0.05) is 26.2 Å². The van der Waals surface area contributed by atoms with Crippen molar-refractivity contribution in [2.45, 2.75) is 40.5 Å². The zero-order chi connectivity index (χ0) is 11.5. The molecule has 0 aromatic rings. The van der Waals surface area contributed by atoms with Crippen LogP contribution in [-0.4, -0.2) is 36.2 Å². The Morgan fingerprint density at radius 2 is 1.93 bits per heavy atom. The molecule has 0 radical (unpaired) electrons. The summed E-state index contributed by atoms with van der Waals surface area (Å²) in [5, 5.41) is 8.84. The molecule has 0 atom stereocenters. The van der Waals surface area contributed by atoms with Crippen LogP contribution in [0.15, 0.2) is 0 Å². The second-order valence-electron chi connectivity index (χ2n) is 6.19. The third-order valence-corrected chi connectivity index (χ3v) is 3.59. The van der Waals surface area contributed by atoms with E-state index in [1.807, 2.05) is 0 Å². The maximum absolute atomic E-state index is 8.84. The summed E-state index contributed by atoms with van der Waals surface area (Å²) in [4.78, 5) is 2.56. The van der Waals surface area contributed by atoms with E-state index in [0.29, 0.717) is 12.0 Å². The lowest BCUT2D eigenvalue weighted by atomic mass is 9.82. The first-order valence-corrected chi connectivity index (χ1v) is 6.28. The Balaban J connectivity index is 2.20. The highest BCUT2D eigenvalue weighted by Gasteiger charge is 2.32. The van der Waals surface area contributed by atoms with Gasteiger partial charge in [0.05, 0.1) is 0 Å². The Morgan fingerprint density at radius 3 is 2.40 bits per heavy atom. The molecular formula is C13H27NO. The number of hydrogen-bond donors (Lipinski definition) is 1. The first kappa shape index (κ1) is 13.0. The Kier molecular flexibility index (Phi) is 4.60. The van der Waals surface area contributed by atoms with Gasteiger partial charge in [0.1, 0.15) is 0 Å². The molecule has 90 valence electrons. The van der Waals surface area contributed by atoms with Crippen LogP contribution in [0.5, 0.6) is 0 Å². The van der Waals surface area contributed by atoms with Crippen molar-refractivity contribution in [3.8, 4) is 0 Å². The molecule has 0 amide bonds. The summed E-state index contributed by atoms with van der Waals surface area (Å²) in [6.45, 7) is 13.3. The van der Waals surface area contributed by atoms with Crippen LogP contribution in [0.3, 0.4) is 0 Å². The molecule has 2 heteroatoms. The van der Waals surface area contributed by atoms with Crippen LogP contribution < -0.4 is 0 Å². The molecule has 1 N–H and O–H groups in total. The van der Waals surface area contributed by atoms with Crippen LogP contribution in [0, 0.1) is 17.3 Å². The van der Waals surface area contributed by atoms with Gasteiger partial charge in [-0.25, -0.2) is 0 Å². The molecule has 1 aliphatic rings. The topological polar surface area (TPSA) is 23.5 Å². The first-order valence-electron chi connectivity index (χ1n) is 6.28. The summed E-state index contributed by atoms with van der Waals surface area (Å²) in [6, 6.07) is 0. The van der Waals surface area contributed by atoms with Crippen LogP contribution >= 0.6 is 0 Å². The molecule has 0 aromatic heterocycles. The van der Waals surface area contributed by atoms with Crippen molar-refractivity contribution in [1.29, 1.82) is 0 Å². The largest absolute Gasteiger partial charge is 0.396 e. The normalized spacial score (nSPS) is 19.6. The van der Waals surface area contributed by atoms with E-state index >= 15 is 0 Å². The minimum absolute atomic E-state index is 0.331. The van der Waals surface area contributed by atoms with Gasteiger partial charge >= 0.3 is 0 Å². The molecule has 0 unspecified atom stereocenters. The van der Waals surface area contributed by atoms with Gasteiger partial charge in [0.25, 0.3) is 0 Å². The molecule has 0 saturated carbocycles. The predicted octanol–water partition coefficient (Wildman–Crippen LogP) is 2.37. The summed E-state index contributed by atoms with van der Waals surface area (Å²) < 4.78 is 0. The van der Waals surface area contributed by atoms with E-state index in [-0.39, 0.29) is 0 Å². The van der Waals surface area contributed by atoms with Crippen LogP contribution in [0.2, 0.25) is 0 Å². The third kappa shape index (κ3) is 4.12. The zero-order valence-corrected chi connectivity index (χ0v) is 10.8. The van der Waals surface area contributed by atoms with Crippen LogP contribution in [0.1, 0.15) is 40.5 Å². The highest BCUT2D eigenvalue weighted by molar-refractivity contribution is 4.85. The fourth-order valence-electron chi connectivity index (χ4n) is 2.40. The molecular weight excluding hydrogens is 186 g/mol. The number of likely N-dealkylation sites (tertiary alicyclic amines) is 1. The number of aliphatic hydroxyl groups excluding tert-OH is 1. The van der Waals surface area contributed by atoms with E-state index in [1.54, 1.807) is 0 Å². The molecule has 0 spiro atoms. The average Bonchev–Trinajstić information content (AvgIpc) is 2.07. The van der Waals surface area contributed by atoms with Gasteiger partial charge < -0.3 is 10.0 Å². The Hall–Kier alpha value is -0.0800. The van der Waals surface area contributed by atoms with Gasteiger partial charge in [-0.2, -0.15) is 0 Å². The van der Waals surface area contributed by atoms with E-state index < -0.39 is 0 Å². The van der Waals surface area contributed by atoms with E-state index in [1.165, 1.54) is 19.6 Å². The molecule has 0 aliphatic carbocycles. The van der Waals surface area contributed by atoms with E-state index in [4.69, 9.17) is 5.11 Å². The van der Waals surface area contributed by atoms with E-state index in [9.17, 15) is 0 Å². The van der Waals surface area contributed by atoms with Gasteiger partial charge in [0.15, 0.2) is 0 Å². The van der Waals surface area contributed by atoms with Crippen LogP contribution in [0.25, 0.3) is 0 Å². The number of rotatable bonds is 6. The van der Waals surface area contributed by atoms with Crippen LogP contribution in [-0.2, 0) is 0 Å². The van der Waals surface area contributed by atoms with Crippen molar-refractivity contribution in [1.82, 2.24) is 4.90 Å². The summed E-state index contributed by atoms with van der Waals surface area (Å²) in [7, 11) is 0.